The predicted molar refractivity (Wildman–Crippen MR) is 103 cm³/mol. The predicted octanol–water partition coefficient (Wildman–Crippen LogP) is 3.44. The Balaban J connectivity index is 1.58. The SMILES string of the molecule is CC(=O)Nc1ccc(NC(=O)c2ccn(COc3ccccc3C)n2)cc1. The molecular formula is C20H20N4O3. The van der Waals surface area contributed by atoms with Gasteiger partial charge in [-0.3, -0.25) is 9.59 Å². The van der Waals surface area contributed by atoms with E-state index in [0.717, 1.165) is 11.3 Å². The van der Waals surface area contributed by atoms with E-state index in [2.05, 4.69) is 15.7 Å². The van der Waals surface area contributed by atoms with E-state index < -0.39 is 0 Å². The fourth-order valence-electron chi connectivity index (χ4n) is 2.44. The van der Waals surface area contributed by atoms with E-state index in [1.54, 1.807) is 41.2 Å². The average molecular weight is 364 g/mol. The third-order valence-corrected chi connectivity index (χ3v) is 3.78. The Morgan fingerprint density at radius 2 is 1.67 bits per heavy atom. The van der Waals surface area contributed by atoms with Gasteiger partial charge in [-0.25, -0.2) is 4.68 Å². The van der Waals surface area contributed by atoms with Crippen molar-refractivity contribution in [3.8, 4) is 5.75 Å². The van der Waals surface area contributed by atoms with E-state index in [4.69, 9.17) is 4.74 Å². The van der Waals surface area contributed by atoms with Crippen molar-refractivity contribution in [3.05, 3.63) is 72.1 Å². The van der Waals surface area contributed by atoms with E-state index >= 15 is 0 Å². The van der Waals surface area contributed by atoms with Crippen molar-refractivity contribution >= 4 is 23.2 Å². The van der Waals surface area contributed by atoms with Crippen LogP contribution < -0.4 is 15.4 Å². The maximum absolute atomic E-state index is 12.3. The molecule has 0 saturated heterocycles. The minimum atomic E-state index is -0.322. The van der Waals surface area contributed by atoms with E-state index in [1.165, 1.54) is 6.92 Å². The third kappa shape index (κ3) is 4.94. The smallest absolute Gasteiger partial charge is 0.276 e. The van der Waals surface area contributed by atoms with Crippen LogP contribution in [0.1, 0.15) is 23.0 Å². The number of para-hydroxylation sites is 1. The minimum absolute atomic E-state index is 0.148. The van der Waals surface area contributed by atoms with Crippen LogP contribution in [0, 0.1) is 6.92 Å². The first-order valence-corrected chi connectivity index (χ1v) is 8.42. The molecule has 2 amide bonds. The quantitative estimate of drug-likeness (QED) is 0.702. The summed E-state index contributed by atoms with van der Waals surface area (Å²) < 4.78 is 7.27. The van der Waals surface area contributed by atoms with Crippen LogP contribution in [0.3, 0.4) is 0 Å². The summed E-state index contributed by atoms with van der Waals surface area (Å²) in [4.78, 5) is 23.3. The minimum Gasteiger partial charge on any atom is -0.471 e. The number of carbonyl (C=O) groups excluding carboxylic acids is 2. The molecule has 0 aliphatic heterocycles. The second-order valence-electron chi connectivity index (χ2n) is 5.99. The van der Waals surface area contributed by atoms with Crippen LogP contribution >= 0.6 is 0 Å². The second-order valence-corrected chi connectivity index (χ2v) is 5.99. The largest absolute Gasteiger partial charge is 0.471 e. The van der Waals surface area contributed by atoms with Gasteiger partial charge in [-0.1, -0.05) is 18.2 Å². The van der Waals surface area contributed by atoms with Gasteiger partial charge in [0, 0.05) is 24.5 Å². The first kappa shape index (κ1) is 18.2. The molecular weight excluding hydrogens is 344 g/mol. The molecule has 1 aromatic heterocycles. The second kappa shape index (κ2) is 8.18. The lowest BCUT2D eigenvalue weighted by atomic mass is 10.2. The summed E-state index contributed by atoms with van der Waals surface area (Å²) in [6, 6.07) is 16.2. The molecule has 2 aromatic carbocycles. The van der Waals surface area contributed by atoms with Crippen molar-refractivity contribution in [3.63, 3.8) is 0 Å². The van der Waals surface area contributed by atoms with Gasteiger partial charge < -0.3 is 15.4 Å². The van der Waals surface area contributed by atoms with E-state index in [9.17, 15) is 9.59 Å². The van der Waals surface area contributed by atoms with Gasteiger partial charge in [0.25, 0.3) is 5.91 Å². The molecule has 0 aliphatic carbocycles. The van der Waals surface area contributed by atoms with Crippen LogP contribution in [0.25, 0.3) is 0 Å². The van der Waals surface area contributed by atoms with E-state index in [-0.39, 0.29) is 24.2 Å². The van der Waals surface area contributed by atoms with Crippen molar-refractivity contribution in [2.75, 3.05) is 10.6 Å². The molecule has 0 atom stereocenters. The Hall–Kier alpha value is -3.61. The molecule has 0 radical (unpaired) electrons. The van der Waals surface area contributed by atoms with E-state index in [1.807, 2.05) is 31.2 Å². The van der Waals surface area contributed by atoms with Crippen LogP contribution in [0.5, 0.6) is 5.75 Å². The van der Waals surface area contributed by atoms with Gasteiger partial charge in [0.15, 0.2) is 12.4 Å². The molecule has 3 aromatic rings. The molecule has 3 rings (SSSR count). The van der Waals surface area contributed by atoms with E-state index in [0.29, 0.717) is 11.4 Å². The lowest BCUT2D eigenvalue weighted by Crippen LogP contribution is -2.14. The van der Waals surface area contributed by atoms with Crippen molar-refractivity contribution in [2.24, 2.45) is 0 Å². The molecule has 138 valence electrons. The molecule has 0 spiro atoms. The Morgan fingerprint density at radius 1 is 1.00 bits per heavy atom. The summed E-state index contributed by atoms with van der Waals surface area (Å²) in [6.07, 6.45) is 1.69. The number of rotatable bonds is 6. The molecule has 0 bridgehead atoms. The Morgan fingerprint density at radius 3 is 2.33 bits per heavy atom. The number of anilines is 2. The number of amides is 2. The van der Waals surface area contributed by atoms with Gasteiger partial charge in [0.2, 0.25) is 5.91 Å². The van der Waals surface area contributed by atoms with Crippen molar-refractivity contribution < 1.29 is 14.3 Å². The van der Waals surface area contributed by atoms with Gasteiger partial charge in [-0.2, -0.15) is 5.10 Å². The number of aryl methyl sites for hydroxylation is 1. The topological polar surface area (TPSA) is 85.2 Å². The van der Waals surface area contributed by atoms with Crippen molar-refractivity contribution in [1.29, 1.82) is 0 Å². The number of hydrogen-bond acceptors (Lipinski definition) is 4. The molecule has 2 N–H and O–H groups in total. The molecule has 0 aliphatic rings. The number of benzene rings is 2. The average Bonchev–Trinajstić information content (AvgIpc) is 3.11. The molecule has 27 heavy (non-hydrogen) atoms. The van der Waals surface area contributed by atoms with Gasteiger partial charge in [-0.05, 0) is 48.9 Å². The lowest BCUT2D eigenvalue weighted by molar-refractivity contribution is -0.114. The number of ether oxygens (including phenoxy) is 1. The highest BCUT2D eigenvalue weighted by molar-refractivity contribution is 6.03. The first-order valence-electron chi connectivity index (χ1n) is 8.42. The Kier molecular flexibility index (Phi) is 5.51. The molecule has 7 nitrogen and oxygen atoms in total. The molecule has 7 heteroatoms. The van der Waals surface area contributed by atoms with Gasteiger partial charge >= 0.3 is 0 Å². The maximum Gasteiger partial charge on any atom is 0.276 e. The fourth-order valence-corrected chi connectivity index (χ4v) is 2.44. The van der Waals surface area contributed by atoms with Gasteiger partial charge in [0.05, 0.1) is 0 Å². The fraction of sp³-hybridized carbons (Fsp3) is 0.150. The number of carbonyl (C=O) groups is 2. The summed E-state index contributed by atoms with van der Waals surface area (Å²) in [5.41, 5.74) is 2.59. The van der Waals surface area contributed by atoms with Crippen LogP contribution in [-0.4, -0.2) is 21.6 Å². The highest BCUT2D eigenvalue weighted by atomic mass is 16.5. The summed E-state index contributed by atoms with van der Waals surface area (Å²) >= 11 is 0. The molecule has 1 heterocycles. The number of hydrogen-bond donors (Lipinski definition) is 2. The highest BCUT2D eigenvalue weighted by Crippen LogP contribution is 2.17. The van der Waals surface area contributed by atoms with Crippen LogP contribution in [0.2, 0.25) is 0 Å². The van der Waals surface area contributed by atoms with Crippen molar-refractivity contribution in [2.45, 2.75) is 20.6 Å². The Labute approximate surface area is 157 Å². The summed E-state index contributed by atoms with van der Waals surface area (Å²) in [5, 5.41) is 9.67. The zero-order valence-corrected chi connectivity index (χ0v) is 15.1. The van der Waals surface area contributed by atoms with Gasteiger partial charge in [0.1, 0.15) is 5.75 Å². The highest BCUT2D eigenvalue weighted by Gasteiger charge is 2.10. The lowest BCUT2D eigenvalue weighted by Gasteiger charge is -2.08. The zero-order chi connectivity index (χ0) is 19.2. The van der Waals surface area contributed by atoms with Crippen LogP contribution in [-0.2, 0) is 11.5 Å². The van der Waals surface area contributed by atoms with Crippen molar-refractivity contribution in [1.82, 2.24) is 9.78 Å². The number of nitrogens with one attached hydrogen (secondary N) is 2. The first-order chi connectivity index (χ1) is 13.0. The Bertz CT molecular complexity index is 948. The molecule has 0 unspecified atom stereocenters. The normalized spacial score (nSPS) is 10.3. The third-order valence-electron chi connectivity index (χ3n) is 3.78. The number of aromatic nitrogens is 2. The van der Waals surface area contributed by atoms with Crippen LogP contribution in [0.4, 0.5) is 11.4 Å². The summed E-state index contributed by atoms with van der Waals surface area (Å²) in [6.45, 7) is 3.62. The monoisotopic (exact) mass is 364 g/mol. The summed E-state index contributed by atoms with van der Waals surface area (Å²) in [7, 11) is 0. The standard InChI is InChI=1S/C20H20N4O3/c1-14-5-3-4-6-19(14)27-13-24-12-11-18(23-24)20(26)22-17-9-7-16(8-10-17)21-15(2)25/h3-12H,13H2,1-2H3,(H,21,25)(H,22,26). The molecule has 0 saturated carbocycles. The number of nitrogens with zero attached hydrogens (tertiary/aromatic N) is 2. The summed E-state index contributed by atoms with van der Waals surface area (Å²) in [5.74, 6) is 0.306. The van der Waals surface area contributed by atoms with Gasteiger partial charge in [-0.15, -0.1) is 0 Å². The maximum atomic E-state index is 12.3. The van der Waals surface area contributed by atoms with Crippen LogP contribution in [0.15, 0.2) is 60.8 Å². The molecule has 0 fully saturated rings. The zero-order valence-electron chi connectivity index (χ0n) is 15.1.